The second-order valence-corrected chi connectivity index (χ2v) is 5.90. The first-order valence-corrected chi connectivity index (χ1v) is 7.79. The number of amides is 2. The van der Waals surface area contributed by atoms with Crippen molar-refractivity contribution in [3.8, 4) is 0 Å². The van der Waals surface area contributed by atoms with Crippen LogP contribution in [0.3, 0.4) is 0 Å². The van der Waals surface area contributed by atoms with Crippen LogP contribution in [0.25, 0.3) is 0 Å². The van der Waals surface area contributed by atoms with Gasteiger partial charge in [0.25, 0.3) is 5.56 Å². The Morgan fingerprint density at radius 2 is 2.22 bits per heavy atom. The molecule has 0 radical (unpaired) electrons. The Morgan fingerprint density at radius 3 is 2.91 bits per heavy atom. The Labute approximate surface area is 134 Å². The van der Waals surface area contributed by atoms with Gasteiger partial charge in [-0.1, -0.05) is 0 Å². The molecule has 1 saturated heterocycles. The summed E-state index contributed by atoms with van der Waals surface area (Å²) in [6.45, 7) is 2.23. The van der Waals surface area contributed by atoms with Gasteiger partial charge in [0.15, 0.2) is 0 Å². The summed E-state index contributed by atoms with van der Waals surface area (Å²) in [4.78, 5) is 36.0. The molecule has 1 aliphatic rings. The third-order valence-electron chi connectivity index (χ3n) is 4.02. The number of carbonyl (C=O) groups excluding carboxylic acids is 2. The molecule has 0 aromatic carbocycles. The fourth-order valence-electron chi connectivity index (χ4n) is 2.64. The highest BCUT2D eigenvalue weighted by Gasteiger charge is 2.23. The molecule has 1 atom stereocenters. The zero-order valence-electron chi connectivity index (χ0n) is 13.3. The SMILES string of the molecule is Cn1ncc(N2CC[C@H](CNC(=O)CCCC(N)=O)C2)cc1=O. The van der Waals surface area contributed by atoms with Gasteiger partial charge in [0, 0.05) is 45.6 Å². The summed E-state index contributed by atoms with van der Waals surface area (Å²) in [6, 6.07) is 1.58. The molecule has 2 heterocycles. The summed E-state index contributed by atoms with van der Waals surface area (Å²) < 4.78 is 1.30. The summed E-state index contributed by atoms with van der Waals surface area (Å²) in [7, 11) is 1.62. The molecule has 1 aromatic rings. The third kappa shape index (κ3) is 5.08. The standard InChI is InChI=1S/C15H23N5O3/c1-19-15(23)7-12(9-18-19)20-6-5-11(10-20)8-17-14(22)4-2-3-13(16)21/h7,9,11H,2-6,8,10H2,1H3,(H2,16,21)(H,17,22)/t11-/m1/s1. The molecule has 1 aromatic heterocycles. The Balaban J connectivity index is 1.75. The van der Waals surface area contributed by atoms with E-state index in [0.717, 1.165) is 25.2 Å². The van der Waals surface area contributed by atoms with Crippen molar-refractivity contribution in [1.82, 2.24) is 15.1 Å². The average molecular weight is 321 g/mol. The number of nitrogens with zero attached hydrogens (tertiary/aromatic N) is 3. The quantitative estimate of drug-likeness (QED) is 0.695. The van der Waals surface area contributed by atoms with Crippen molar-refractivity contribution in [2.45, 2.75) is 25.7 Å². The summed E-state index contributed by atoms with van der Waals surface area (Å²) in [5.41, 5.74) is 5.73. The normalized spacial score (nSPS) is 17.3. The van der Waals surface area contributed by atoms with E-state index >= 15 is 0 Å². The van der Waals surface area contributed by atoms with E-state index < -0.39 is 0 Å². The van der Waals surface area contributed by atoms with Crippen molar-refractivity contribution in [2.24, 2.45) is 18.7 Å². The monoisotopic (exact) mass is 321 g/mol. The zero-order valence-corrected chi connectivity index (χ0v) is 13.3. The van der Waals surface area contributed by atoms with Crippen LogP contribution in [0.5, 0.6) is 0 Å². The number of hydrogen-bond donors (Lipinski definition) is 2. The number of aryl methyl sites for hydroxylation is 1. The molecule has 3 N–H and O–H groups in total. The van der Waals surface area contributed by atoms with E-state index in [0.29, 0.717) is 25.3 Å². The molecule has 8 heteroatoms. The minimum atomic E-state index is -0.383. The maximum atomic E-state index is 11.7. The molecule has 8 nitrogen and oxygen atoms in total. The Bertz CT molecular complexity index is 628. The lowest BCUT2D eigenvalue weighted by atomic mass is 10.1. The molecule has 0 aliphatic carbocycles. The van der Waals surface area contributed by atoms with E-state index in [9.17, 15) is 14.4 Å². The Morgan fingerprint density at radius 1 is 1.43 bits per heavy atom. The van der Waals surface area contributed by atoms with E-state index in [1.807, 2.05) is 0 Å². The summed E-state index contributed by atoms with van der Waals surface area (Å²) in [6.07, 6.45) is 3.68. The van der Waals surface area contributed by atoms with Gasteiger partial charge >= 0.3 is 0 Å². The molecule has 2 rings (SSSR count). The van der Waals surface area contributed by atoms with Gasteiger partial charge in [-0.05, 0) is 18.8 Å². The molecule has 1 fully saturated rings. The van der Waals surface area contributed by atoms with E-state index in [4.69, 9.17) is 5.73 Å². The molecular weight excluding hydrogens is 298 g/mol. The van der Waals surface area contributed by atoms with E-state index in [-0.39, 0.29) is 23.8 Å². The Kier molecular flexibility index (Phi) is 5.72. The van der Waals surface area contributed by atoms with Crippen molar-refractivity contribution in [2.75, 3.05) is 24.5 Å². The smallest absolute Gasteiger partial charge is 0.268 e. The van der Waals surface area contributed by atoms with Gasteiger partial charge in [-0.3, -0.25) is 14.4 Å². The predicted octanol–water partition coefficient (Wildman–Crippen LogP) is -0.622. The van der Waals surface area contributed by atoms with Crippen LogP contribution in [0.4, 0.5) is 5.69 Å². The van der Waals surface area contributed by atoms with Crippen molar-refractivity contribution >= 4 is 17.5 Å². The van der Waals surface area contributed by atoms with Crippen LogP contribution in [-0.4, -0.2) is 41.2 Å². The number of nitrogens with two attached hydrogens (primary N) is 1. The molecule has 0 bridgehead atoms. The molecule has 2 amide bonds. The molecule has 0 saturated carbocycles. The van der Waals surface area contributed by atoms with Crippen LogP contribution in [0.15, 0.2) is 17.1 Å². The van der Waals surface area contributed by atoms with Gasteiger partial charge in [-0.15, -0.1) is 0 Å². The first-order valence-electron chi connectivity index (χ1n) is 7.79. The van der Waals surface area contributed by atoms with Crippen LogP contribution in [0.2, 0.25) is 0 Å². The van der Waals surface area contributed by atoms with E-state index in [1.165, 1.54) is 4.68 Å². The summed E-state index contributed by atoms with van der Waals surface area (Å²) >= 11 is 0. The molecular formula is C15H23N5O3. The third-order valence-corrected chi connectivity index (χ3v) is 4.02. The lowest BCUT2D eigenvalue weighted by molar-refractivity contribution is -0.121. The van der Waals surface area contributed by atoms with Crippen LogP contribution in [0, 0.1) is 5.92 Å². The van der Waals surface area contributed by atoms with Gasteiger partial charge in [0.1, 0.15) is 0 Å². The van der Waals surface area contributed by atoms with E-state index in [2.05, 4.69) is 15.3 Å². The first-order chi connectivity index (χ1) is 11.0. The van der Waals surface area contributed by atoms with Crippen molar-refractivity contribution in [1.29, 1.82) is 0 Å². The van der Waals surface area contributed by atoms with Crippen molar-refractivity contribution in [3.05, 3.63) is 22.6 Å². The van der Waals surface area contributed by atoms with Crippen LogP contribution in [-0.2, 0) is 16.6 Å². The van der Waals surface area contributed by atoms with Gasteiger partial charge in [-0.2, -0.15) is 5.10 Å². The number of aromatic nitrogens is 2. The highest BCUT2D eigenvalue weighted by Crippen LogP contribution is 2.21. The fourth-order valence-corrected chi connectivity index (χ4v) is 2.64. The number of rotatable bonds is 7. The highest BCUT2D eigenvalue weighted by atomic mass is 16.2. The van der Waals surface area contributed by atoms with Crippen LogP contribution >= 0.6 is 0 Å². The minimum Gasteiger partial charge on any atom is -0.370 e. The maximum Gasteiger partial charge on any atom is 0.268 e. The van der Waals surface area contributed by atoms with Gasteiger partial charge in [-0.25, -0.2) is 4.68 Å². The van der Waals surface area contributed by atoms with Crippen LogP contribution in [0.1, 0.15) is 25.7 Å². The largest absolute Gasteiger partial charge is 0.370 e. The maximum absolute atomic E-state index is 11.7. The highest BCUT2D eigenvalue weighted by molar-refractivity contribution is 5.77. The zero-order chi connectivity index (χ0) is 16.8. The Hall–Kier alpha value is -2.38. The number of carbonyl (C=O) groups is 2. The lowest BCUT2D eigenvalue weighted by Crippen LogP contribution is -2.31. The van der Waals surface area contributed by atoms with Gasteiger partial charge in [0.2, 0.25) is 11.8 Å². The topological polar surface area (TPSA) is 110 Å². The average Bonchev–Trinajstić information content (AvgIpc) is 2.96. The first kappa shape index (κ1) is 17.0. The summed E-state index contributed by atoms with van der Waals surface area (Å²) in [5.74, 6) is -0.0917. The molecule has 0 spiro atoms. The van der Waals surface area contributed by atoms with E-state index in [1.54, 1.807) is 19.3 Å². The van der Waals surface area contributed by atoms with Crippen molar-refractivity contribution in [3.63, 3.8) is 0 Å². The number of hydrogen-bond acceptors (Lipinski definition) is 5. The molecule has 126 valence electrons. The second-order valence-electron chi connectivity index (χ2n) is 5.90. The molecule has 1 aliphatic heterocycles. The van der Waals surface area contributed by atoms with Crippen molar-refractivity contribution < 1.29 is 9.59 Å². The van der Waals surface area contributed by atoms with Gasteiger partial charge in [0.05, 0.1) is 11.9 Å². The summed E-state index contributed by atoms with van der Waals surface area (Å²) in [5, 5.41) is 6.92. The lowest BCUT2D eigenvalue weighted by Gasteiger charge is -2.18. The van der Waals surface area contributed by atoms with Crippen LogP contribution < -0.4 is 21.5 Å². The number of nitrogens with one attached hydrogen (secondary N) is 1. The number of anilines is 1. The second kappa shape index (κ2) is 7.75. The number of primary amides is 1. The minimum absolute atomic E-state index is 0.0556. The molecule has 23 heavy (non-hydrogen) atoms. The predicted molar refractivity (Wildman–Crippen MR) is 85.9 cm³/mol. The molecule has 0 unspecified atom stereocenters. The van der Waals surface area contributed by atoms with Gasteiger partial charge < -0.3 is 16.0 Å². The fraction of sp³-hybridized carbons (Fsp3) is 0.600.